The number of nitrogens with one attached hydrogen (secondary N) is 2. The molecule has 1 saturated heterocycles. The van der Waals surface area contributed by atoms with Crippen molar-refractivity contribution in [3.05, 3.63) is 107 Å². The average Bonchev–Trinajstić information content (AvgIpc) is 3.71. The van der Waals surface area contributed by atoms with Gasteiger partial charge in [0, 0.05) is 47.5 Å². The van der Waals surface area contributed by atoms with E-state index in [1.54, 1.807) is 47.6 Å². The summed E-state index contributed by atoms with van der Waals surface area (Å²) in [5, 5.41) is 5.93. The van der Waals surface area contributed by atoms with Crippen molar-refractivity contribution in [2.45, 2.75) is 18.9 Å². The Morgan fingerprint density at radius 3 is 2.46 bits per heavy atom. The minimum atomic E-state index is -0.206. The Morgan fingerprint density at radius 2 is 1.71 bits per heavy atom. The number of thiophene rings is 1. The van der Waals surface area contributed by atoms with Crippen LogP contribution < -0.4 is 20.4 Å². The summed E-state index contributed by atoms with van der Waals surface area (Å²) in [6.07, 6.45) is 8.99. The predicted molar refractivity (Wildman–Crippen MR) is 161 cm³/mol. The van der Waals surface area contributed by atoms with E-state index in [1.165, 1.54) is 11.3 Å². The number of hydrogen-bond donors (Lipinski definition) is 2. The van der Waals surface area contributed by atoms with Crippen LogP contribution in [0.1, 0.15) is 42.4 Å². The lowest BCUT2D eigenvalue weighted by molar-refractivity contribution is 0.0954. The number of anilines is 3. The second-order valence-corrected chi connectivity index (χ2v) is 11.4. The molecule has 0 radical (unpaired) electrons. The summed E-state index contributed by atoms with van der Waals surface area (Å²) in [7, 11) is 0. The van der Waals surface area contributed by atoms with Gasteiger partial charge in [-0.05, 0) is 60.9 Å². The van der Waals surface area contributed by atoms with E-state index in [1.807, 2.05) is 42.5 Å². The number of carbonyl (C=O) groups is 3. The molecule has 2 aromatic carbocycles. The van der Waals surface area contributed by atoms with Gasteiger partial charge in [0.2, 0.25) is 0 Å². The van der Waals surface area contributed by atoms with E-state index in [0.717, 1.165) is 46.9 Å². The molecule has 4 heterocycles. The van der Waals surface area contributed by atoms with Gasteiger partial charge in [-0.2, -0.15) is 0 Å². The molecule has 1 fully saturated rings. The Morgan fingerprint density at radius 1 is 0.902 bits per heavy atom. The molecule has 2 aliphatic heterocycles. The number of para-hydroxylation sites is 1. The monoisotopic (exact) mass is 561 g/mol. The molecule has 0 unspecified atom stereocenters. The highest BCUT2D eigenvalue weighted by atomic mass is 32.1. The van der Waals surface area contributed by atoms with Crippen molar-refractivity contribution >= 4 is 46.1 Å². The number of nitrogens with zero attached hydrogens (tertiary/aromatic N) is 3. The van der Waals surface area contributed by atoms with Crippen molar-refractivity contribution in [1.29, 1.82) is 0 Å². The van der Waals surface area contributed by atoms with E-state index in [2.05, 4.69) is 20.5 Å². The second-order valence-electron chi connectivity index (χ2n) is 10.3. The van der Waals surface area contributed by atoms with Crippen molar-refractivity contribution in [3.8, 4) is 10.4 Å². The molecule has 4 aromatic rings. The third-order valence-electron chi connectivity index (χ3n) is 7.64. The van der Waals surface area contributed by atoms with E-state index in [-0.39, 0.29) is 23.8 Å². The molecule has 3 amide bonds. The third-order valence-corrected chi connectivity index (χ3v) is 8.85. The van der Waals surface area contributed by atoms with Crippen molar-refractivity contribution < 1.29 is 14.4 Å². The smallest absolute Gasteiger partial charge is 0.262 e. The molecular weight excluding hydrogens is 534 g/mol. The molecule has 3 aliphatic rings. The zero-order chi connectivity index (χ0) is 27.9. The summed E-state index contributed by atoms with van der Waals surface area (Å²) >= 11 is 1.47. The maximum absolute atomic E-state index is 13.8. The van der Waals surface area contributed by atoms with Crippen LogP contribution in [0.25, 0.3) is 10.4 Å². The normalized spacial score (nSPS) is 15.3. The molecule has 8 nitrogen and oxygen atoms in total. The zero-order valence-corrected chi connectivity index (χ0v) is 23.0. The van der Waals surface area contributed by atoms with Gasteiger partial charge < -0.3 is 20.4 Å². The van der Waals surface area contributed by atoms with Crippen LogP contribution in [0.2, 0.25) is 0 Å². The van der Waals surface area contributed by atoms with E-state index in [4.69, 9.17) is 0 Å². The van der Waals surface area contributed by atoms with Crippen LogP contribution in [-0.4, -0.2) is 48.4 Å². The molecule has 0 spiro atoms. The van der Waals surface area contributed by atoms with Gasteiger partial charge in [0.1, 0.15) is 0 Å². The van der Waals surface area contributed by atoms with Crippen LogP contribution in [0.5, 0.6) is 0 Å². The van der Waals surface area contributed by atoms with Crippen molar-refractivity contribution in [1.82, 2.24) is 10.3 Å². The average molecular weight is 562 g/mol. The summed E-state index contributed by atoms with van der Waals surface area (Å²) in [6, 6.07) is 18.6. The lowest BCUT2D eigenvalue weighted by atomic mass is 10.1. The first-order valence-electron chi connectivity index (χ1n) is 13.7. The number of fused-ring (bicyclic) bond motifs is 3. The Labute approximate surface area is 241 Å². The Hall–Kier alpha value is -4.76. The van der Waals surface area contributed by atoms with Gasteiger partial charge in [-0.3, -0.25) is 19.4 Å². The maximum atomic E-state index is 13.8. The maximum Gasteiger partial charge on any atom is 0.262 e. The highest BCUT2D eigenvalue weighted by Gasteiger charge is 2.28. The summed E-state index contributed by atoms with van der Waals surface area (Å²) in [4.78, 5) is 49.3. The Kier molecular flexibility index (Phi) is 6.36. The van der Waals surface area contributed by atoms with Crippen LogP contribution in [0.4, 0.5) is 17.1 Å². The molecule has 0 atom stereocenters. The number of hydrogen-bond acceptors (Lipinski definition) is 6. The molecule has 0 saturated carbocycles. The minimum absolute atomic E-state index is 0.0583. The number of amides is 3. The van der Waals surface area contributed by atoms with Gasteiger partial charge in [0.15, 0.2) is 0 Å². The van der Waals surface area contributed by atoms with E-state index < -0.39 is 0 Å². The van der Waals surface area contributed by atoms with Crippen LogP contribution in [0.3, 0.4) is 0 Å². The molecular formula is C32H27N5O3S. The van der Waals surface area contributed by atoms with Gasteiger partial charge in [0.25, 0.3) is 17.7 Å². The Balaban J connectivity index is 1.09. The number of pyridine rings is 1. The first-order valence-corrected chi connectivity index (χ1v) is 14.5. The molecule has 7 rings (SSSR count). The summed E-state index contributed by atoms with van der Waals surface area (Å²) in [5.74, 6) is -0.392. The largest absolute Gasteiger partial charge is 0.370 e. The quantitative estimate of drug-likeness (QED) is 0.318. The van der Waals surface area contributed by atoms with Gasteiger partial charge in [-0.25, -0.2) is 0 Å². The van der Waals surface area contributed by atoms with Gasteiger partial charge >= 0.3 is 0 Å². The molecule has 1 aliphatic carbocycles. The highest BCUT2D eigenvalue weighted by Crippen LogP contribution is 2.42. The molecule has 204 valence electrons. The molecule has 0 bridgehead atoms. The summed E-state index contributed by atoms with van der Waals surface area (Å²) in [5.41, 5.74) is 5.40. The van der Waals surface area contributed by atoms with Gasteiger partial charge in [0.05, 0.1) is 34.1 Å². The van der Waals surface area contributed by atoms with Crippen LogP contribution in [0, 0.1) is 0 Å². The van der Waals surface area contributed by atoms with Crippen LogP contribution in [0.15, 0.2) is 85.2 Å². The standard InChI is InChI=1S/C32H27N5O3S/c38-30(25-12-14-33-19-27(25)36-15-3-16-36)34-22-8-6-20(7-9-22)32(40)37-17-13-21-18-28(31(39)35-23-10-11-23)41-29(21)24-4-1-2-5-26(24)37/h1-2,4-12,14,18-19,23H,3,13,15-17H2,(H,34,38)(H,35,39). The summed E-state index contributed by atoms with van der Waals surface area (Å²) < 4.78 is 0. The lowest BCUT2D eigenvalue weighted by Crippen LogP contribution is -2.38. The number of benzene rings is 2. The van der Waals surface area contributed by atoms with Gasteiger partial charge in [-0.1, -0.05) is 30.4 Å². The number of aromatic nitrogens is 1. The Bertz CT molecular complexity index is 1700. The van der Waals surface area contributed by atoms with Crippen molar-refractivity contribution in [2.24, 2.45) is 0 Å². The van der Waals surface area contributed by atoms with E-state index in [9.17, 15) is 14.4 Å². The lowest BCUT2D eigenvalue weighted by Gasteiger charge is -2.34. The fraction of sp³-hybridized carbons (Fsp3) is 0.188. The van der Waals surface area contributed by atoms with Crippen LogP contribution >= 0.6 is 11.3 Å². The molecule has 41 heavy (non-hydrogen) atoms. The SMILES string of the molecule is O=C(NC1C=C1)c1cc2c(s1)-c1ccccc1N(C(=O)c1ccc(NC(=O)c3ccncc3N3CCC3)cc1)CC2. The third kappa shape index (κ3) is 4.89. The predicted octanol–water partition coefficient (Wildman–Crippen LogP) is 5.14. The van der Waals surface area contributed by atoms with E-state index in [0.29, 0.717) is 34.7 Å². The zero-order valence-electron chi connectivity index (χ0n) is 22.2. The summed E-state index contributed by atoms with van der Waals surface area (Å²) in [6.45, 7) is 2.33. The minimum Gasteiger partial charge on any atom is -0.370 e. The first-order chi connectivity index (χ1) is 20.0. The van der Waals surface area contributed by atoms with Gasteiger partial charge in [-0.15, -0.1) is 11.3 Å². The number of carbonyl (C=O) groups excluding carboxylic acids is 3. The molecule has 2 N–H and O–H groups in total. The first kappa shape index (κ1) is 25.2. The van der Waals surface area contributed by atoms with E-state index >= 15 is 0 Å². The molecule has 2 aromatic heterocycles. The molecule has 9 heteroatoms. The fourth-order valence-corrected chi connectivity index (χ4v) is 6.38. The topological polar surface area (TPSA) is 94.6 Å². The fourth-order valence-electron chi connectivity index (χ4n) is 5.23. The van der Waals surface area contributed by atoms with Crippen molar-refractivity contribution in [2.75, 3.05) is 34.8 Å². The second kappa shape index (κ2) is 10.3. The highest BCUT2D eigenvalue weighted by molar-refractivity contribution is 7.17. The number of rotatable bonds is 6. The van der Waals surface area contributed by atoms with Crippen molar-refractivity contribution in [3.63, 3.8) is 0 Å². The van der Waals surface area contributed by atoms with Crippen LogP contribution in [-0.2, 0) is 6.42 Å².